The quantitative estimate of drug-likeness (QED) is 0.131. The number of carboxylic acids is 1. The molecule has 0 unspecified atom stereocenters. The van der Waals surface area contributed by atoms with Gasteiger partial charge in [-0.15, -0.1) is 0 Å². The molecule has 0 bridgehead atoms. The van der Waals surface area contributed by atoms with Gasteiger partial charge in [0.15, 0.2) is 0 Å². The Kier molecular flexibility index (Phi) is 33.0. The fourth-order valence-electron chi connectivity index (χ4n) is 4.12. The monoisotopic (exact) mass is 469 g/mol. The lowest BCUT2D eigenvalue weighted by molar-refractivity contribution is -0.137. The first kappa shape index (κ1) is 34.6. The summed E-state index contributed by atoms with van der Waals surface area (Å²) in [7, 11) is 0. The molecule has 3 nitrogen and oxygen atoms in total. The molecule has 2 N–H and O–H groups in total. The van der Waals surface area contributed by atoms with Gasteiger partial charge in [0.2, 0.25) is 0 Å². The summed E-state index contributed by atoms with van der Waals surface area (Å²) in [4.78, 5) is 10.3. The van der Waals surface area contributed by atoms with E-state index >= 15 is 0 Å². The number of nitrogens with one attached hydrogen (secondary N) is 1. The average molecular weight is 470 g/mol. The van der Waals surface area contributed by atoms with Crippen LogP contribution in [0.2, 0.25) is 0 Å². The van der Waals surface area contributed by atoms with Crippen LogP contribution in [0.3, 0.4) is 0 Å². The smallest absolute Gasteiger partial charge is 0.303 e. The van der Waals surface area contributed by atoms with Crippen molar-refractivity contribution in [3.8, 4) is 0 Å². The topological polar surface area (TPSA) is 49.3 Å². The van der Waals surface area contributed by atoms with Gasteiger partial charge < -0.3 is 10.4 Å². The second kappa shape index (κ2) is 31.4. The van der Waals surface area contributed by atoms with Crippen molar-refractivity contribution in [2.24, 2.45) is 0 Å². The third-order valence-corrected chi connectivity index (χ3v) is 6.33. The molecular formula is C30H63NO2. The Labute approximate surface area is 209 Å². The number of hydrogen-bond acceptors (Lipinski definition) is 2. The highest BCUT2D eigenvalue weighted by atomic mass is 16.4. The predicted octanol–water partition coefficient (Wildman–Crippen LogP) is 10.1. The van der Waals surface area contributed by atoms with Crippen LogP contribution in [-0.4, -0.2) is 23.7 Å². The van der Waals surface area contributed by atoms with Gasteiger partial charge in [-0.2, -0.15) is 0 Å². The van der Waals surface area contributed by atoms with Crippen LogP contribution < -0.4 is 5.32 Å². The normalized spacial score (nSPS) is 10.9. The Morgan fingerprint density at radius 1 is 0.545 bits per heavy atom. The lowest BCUT2D eigenvalue weighted by Crippen LogP contribution is -2.23. The second-order valence-electron chi connectivity index (χ2n) is 10.3. The SMILES string of the molecule is CCCCCCCCCCCCCCCCCC(=O)O.CCCCCCCCCNC(C)C. The fourth-order valence-corrected chi connectivity index (χ4v) is 4.12. The molecule has 0 heterocycles. The molecule has 0 aromatic rings. The van der Waals surface area contributed by atoms with Gasteiger partial charge in [0, 0.05) is 12.5 Å². The van der Waals surface area contributed by atoms with Crippen LogP contribution in [0.1, 0.15) is 175 Å². The van der Waals surface area contributed by atoms with Crippen molar-refractivity contribution in [1.29, 1.82) is 0 Å². The van der Waals surface area contributed by atoms with E-state index in [1.807, 2.05) is 0 Å². The summed E-state index contributed by atoms with van der Waals surface area (Å²) in [6.07, 6.45) is 30.0. The maximum Gasteiger partial charge on any atom is 0.303 e. The summed E-state index contributed by atoms with van der Waals surface area (Å²) < 4.78 is 0. The minimum absolute atomic E-state index is 0.345. The molecule has 0 amide bonds. The van der Waals surface area contributed by atoms with Gasteiger partial charge in [0.25, 0.3) is 0 Å². The standard InChI is InChI=1S/C18H36O2.C12H27N/c1-2-3-4-5-6-7-8-9-10-11-12-13-14-15-16-17-18(19)20;1-4-5-6-7-8-9-10-11-13-12(2)3/h2-17H2,1H3,(H,19,20);12-13H,4-11H2,1-3H3. The summed E-state index contributed by atoms with van der Waals surface area (Å²) in [5, 5.41) is 12.0. The highest BCUT2D eigenvalue weighted by molar-refractivity contribution is 5.66. The minimum atomic E-state index is -0.653. The number of carbonyl (C=O) groups is 1. The van der Waals surface area contributed by atoms with E-state index in [4.69, 9.17) is 5.11 Å². The van der Waals surface area contributed by atoms with Gasteiger partial charge in [-0.1, -0.05) is 156 Å². The first-order chi connectivity index (χ1) is 16.0. The first-order valence-electron chi connectivity index (χ1n) is 15.0. The van der Waals surface area contributed by atoms with E-state index in [1.54, 1.807) is 0 Å². The lowest BCUT2D eigenvalue weighted by Gasteiger charge is -2.07. The van der Waals surface area contributed by atoms with E-state index in [9.17, 15) is 4.79 Å². The molecule has 0 fully saturated rings. The second-order valence-corrected chi connectivity index (χ2v) is 10.3. The third-order valence-electron chi connectivity index (χ3n) is 6.33. The molecule has 0 atom stereocenters. The van der Waals surface area contributed by atoms with Crippen LogP contribution >= 0.6 is 0 Å². The van der Waals surface area contributed by atoms with Crippen LogP contribution in [0.5, 0.6) is 0 Å². The Morgan fingerprint density at radius 3 is 1.15 bits per heavy atom. The number of rotatable bonds is 25. The third kappa shape index (κ3) is 39.0. The molecule has 0 saturated heterocycles. The zero-order valence-corrected chi connectivity index (χ0v) is 23.4. The van der Waals surface area contributed by atoms with Crippen molar-refractivity contribution < 1.29 is 9.90 Å². The summed E-state index contributed by atoms with van der Waals surface area (Å²) in [6, 6.07) is 0.653. The first-order valence-corrected chi connectivity index (χ1v) is 15.0. The summed E-state index contributed by atoms with van der Waals surface area (Å²) in [5.41, 5.74) is 0. The van der Waals surface area contributed by atoms with Crippen molar-refractivity contribution in [3.05, 3.63) is 0 Å². The molecular weight excluding hydrogens is 406 g/mol. The summed E-state index contributed by atoms with van der Waals surface area (Å²) in [5.74, 6) is -0.653. The van der Waals surface area contributed by atoms with E-state index in [1.165, 1.54) is 135 Å². The van der Waals surface area contributed by atoms with E-state index < -0.39 is 5.97 Å². The van der Waals surface area contributed by atoms with Crippen molar-refractivity contribution in [1.82, 2.24) is 5.32 Å². The van der Waals surface area contributed by atoms with Crippen molar-refractivity contribution >= 4 is 5.97 Å². The van der Waals surface area contributed by atoms with Gasteiger partial charge in [-0.25, -0.2) is 0 Å². The van der Waals surface area contributed by atoms with Crippen LogP contribution in [0.15, 0.2) is 0 Å². The number of unbranched alkanes of at least 4 members (excludes halogenated alkanes) is 20. The van der Waals surface area contributed by atoms with Crippen LogP contribution in [0.25, 0.3) is 0 Å². The molecule has 200 valence electrons. The summed E-state index contributed by atoms with van der Waals surface area (Å²) in [6.45, 7) is 10.2. The molecule has 0 aliphatic rings. The average Bonchev–Trinajstić information content (AvgIpc) is 2.78. The van der Waals surface area contributed by atoms with E-state index in [-0.39, 0.29) is 0 Å². The maximum absolute atomic E-state index is 10.3. The molecule has 0 aliphatic carbocycles. The molecule has 3 heteroatoms. The summed E-state index contributed by atoms with van der Waals surface area (Å²) >= 11 is 0. The number of aliphatic carboxylic acids is 1. The Balaban J connectivity index is 0. The van der Waals surface area contributed by atoms with Gasteiger partial charge in [0.1, 0.15) is 0 Å². The molecule has 0 radical (unpaired) electrons. The minimum Gasteiger partial charge on any atom is -0.481 e. The molecule has 0 aromatic carbocycles. The highest BCUT2D eigenvalue weighted by Crippen LogP contribution is 2.13. The Bertz CT molecular complexity index is 357. The Morgan fingerprint density at radius 2 is 0.848 bits per heavy atom. The highest BCUT2D eigenvalue weighted by Gasteiger charge is 1.97. The van der Waals surface area contributed by atoms with Crippen molar-refractivity contribution in [2.75, 3.05) is 6.54 Å². The largest absolute Gasteiger partial charge is 0.481 e. The van der Waals surface area contributed by atoms with Gasteiger partial charge in [0.05, 0.1) is 0 Å². The molecule has 33 heavy (non-hydrogen) atoms. The van der Waals surface area contributed by atoms with Gasteiger partial charge in [-0.3, -0.25) is 4.79 Å². The molecule has 0 spiro atoms. The van der Waals surface area contributed by atoms with Crippen LogP contribution in [-0.2, 0) is 4.79 Å². The van der Waals surface area contributed by atoms with Gasteiger partial charge >= 0.3 is 5.97 Å². The molecule has 0 saturated carbocycles. The van der Waals surface area contributed by atoms with Gasteiger partial charge in [-0.05, 0) is 19.4 Å². The van der Waals surface area contributed by atoms with E-state index in [2.05, 4.69) is 33.0 Å². The van der Waals surface area contributed by atoms with Crippen LogP contribution in [0, 0.1) is 0 Å². The molecule has 0 aliphatic heterocycles. The maximum atomic E-state index is 10.3. The van der Waals surface area contributed by atoms with E-state index in [0.717, 1.165) is 12.8 Å². The lowest BCUT2D eigenvalue weighted by atomic mass is 10.0. The zero-order chi connectivity index (χ0) is 24.8. The Hall–Kier alpha value is -0.570. The van der Waals surface area contributed by atoms with Crippen LogP contribution in [0.4, 0.5) is 0 Å². The van der Waals surface area contributed by atoms with E-state index in [0.29, 0.717) is 12.5 Å². The number of hydrogen-bond donors (Lipinski definition) is 2. The zero-order valence-electron chi connectivity index (χ0n) is 23.4. The number of carboxylic acid groups (broad SMARTS) is 1. The fraction of sp³-hybridized carbons (Fsp3) is 0.967. The predicted molar refractivity (Wildman–Crippen MR) is 148 cm³/mol. The van der Waals surface area contributed by atoms with Crippen molar-refractivity contribution in [2.45, 2.75) is 181 Å². The van der Waals surface area contributed by atoms with Crippen molar-refractivity contribution in [3.63, 3.8) is 0 Å². The molecule has 0 aromatic heterocycles. The molecule has 0 rings (SSSR count).